The molecule has 0 aliphatic carbocycles. The van der Waals surface area contributed by atoms with E-state index in [1.165, 1.54) is 0 Å². The molecule has 1 heterocycles. The Kier molecular flexibility index (Phi) is 4.99. The third-order valence-corrected chi connectivity index (χ3v) is 3.62. The van der Waals surface area contributed by atoms with Crippen molar-refractivity contribution in [1.29, 1.82) is 0 Å². The number of nitrogens with zero attached hydrogens (tertiary/aromatic N) is 2. The van der Waals surface area contributed by atoms with E-state index >= 15 is 0 Å². The summed E-state index contributed by atoms with van der Waals surface area (Å²) in [6, 6.07) is 13.1. The van der Waals surface area contributed by atoms with Crippen molar-refractivity contribution >= 4 is 12.2 Å². The molecule has 0 saturated carbocycles. The quantitative estimate of drug-likeness (QED) is 0.678. The van der Waals surface area contributed by atoms with Crippen LogP contribution in [0.2, 0.25) is 0 Å². The van der Waals surface area contributed by atoms with Crippen molar-refractivity contribution in [3.8, 4) is 28.6 Å². The molecule has 6 nitrogen and oxygen atoms in total. The van der Waals surface area contributed by atoms with Crippen LogP contribution in [-0.2, 0) is 0 Å². The normalized spacial score (nSPS) is 10.8. The van der Waals surface area contributed by atoms with Gasteiger partial charge in [-0.15, -0.1) is 0 Å². The first-order valence-corrected chi connectivity index (χ1v) is 7.61. The first kappa shape index (κ1) is 16.6. The second-order valence-electron chi connectivity index (χ2n) is 5.13. The lowest BCUT2D eigenvalue weighted by atomic mass is 10.2. The van der Waals surface area contributed by atoms with E-state index in [0.717, 1.165) is 16.9 Å². The number of ether oxygens (including phenoxy) is 3. The zero-order valence-corrected chi connectivity index (χ0v) is 14.2. The van der Waals surface area contributed by atoms with Crippen molar-refractivity contribution in [3.05, 3.63) is 53.9 Å². The number of hydrogen-bond acceptors (Lipinski definition) is 6. The van der Waals surface area contributed by atoms with E-state index in [-0.39, 0.29) is 0 Å². The smallest absolute Gasteiger partial charge is 0.250 e. The molecular formula is C19H18N2O4. The van der Waals surface area contributed by atoms with E-state index < -0.39 is 0 Å². The Morgan fingerprint density at radius 3 is 2.28 bits per heavy atom. The van der Waals surface area contributed by atoms with Crippen molar-refractivity contribution in [2.24, 2.45) is 0 Å². The van der Waals surface area contributed by atoms with E-state index in [9.17, 15) is 0 Å². The van der Waals surface area contributed by atoms with Gasteiger partial charge in [-0.2, -0.15) is 4.98 Å². The van der Waals surface area contributed by atoms with Gasteiger partial charge in [-0.1, -0.05) is 11.2 Å². The molecule has 0 aliphatic heterocycles. The van der Waals surface area contributed by atoms with Crippen LogP contribution in [0.15, 0.2) is 47.0 Å². The maximum Gasteiger partial charge on any atom is 0.250 e. The summed E-state index contributed by atoms with van der Waals surface area (Å²) < 4.78 is 20.9. The molecule has 0 aliphatic rings. The molecule has 25 heavy (non-hydrogen) atoms. The minimum Gasteiger partial charge on any atom is -0.497 e. The van der Waals surface area contributed by atoms with Crippen LogP contribution >= 0.6 is 0 Å². The largest absolute Gasteiger partial charge is 0.497 e. The molecule has 0 spiro atoms. The number of methoxy groups -OCH3 is 3. The standard InChI is InChI=1S/C19H18N2O4/c1-22-15-8-6-14(7-9-15)19-20-18(25-21-19)11-5-13-4-10-16(23-2)17(12-13)24-3/h4-12H,1-3H3. The second kappa shape index (κ2) is 7.53. The number of aromatic nitrogens is 2. The first-order chi connectivity index (χ1) is 12.2. The lowest BCUT2D eigenvalue weighted by Gasteiger charge is -2.07. The summed E-state index contributed by atoms with van der Waals surface area (Å²) in [5.41, 5.74) is 1.79. The van der Waals surface area contributed by atoms with Crippen molar-refractivity contribution in [3.63, 3.8) is 0 Å². The SMILES string of the molecule is COc1ccc(-c2noc(C=Cc3ccc(OC)c(OC)c3)n2)cc1. The minimum atomic E-state index is 0.417. The van der Waals surface area contributed by atoms with Crippen molar-refractivity contribution in [1.82, 2.24) is 10.1 Å². The Morgan fingerprint density at radius 1 is 0.840 bits per heavy atom. The Labute approximate surface area is 145 Å². The summed E-state index contributed by atoms with van der Waals surface area (Å²) in [5, 5.41) is 3.99. The number of hydrogen-bond donors (Lipinski definition) is 0. The first-order valence-electron chi connectivity index (χ1n) is 7.61. The van der Waals surface area contributed by atoms with Crippen LogP contribution in [0.25, 0.3) is 23.5 Å². The molecular weight excluding hydrogens is 320 g/mol. The summed E-state index contributed by atoms with van der Waals surface area (Å²) in [4.78, 5) is 4.37. The Balaban J connectivity index is 1.77. The monoisotopic (exact) mass is 338 g/mol. The third-order valence-electron chi connectivity index (χ3n) is 3.62. The molecule has 0 amide bonds. The van der Waals surface area contributed by atoms with Crippen LogP contribution in [0.1, 0.15) is 11.5 Å². The molecule has 6 heteroatoms. The molecule has 0 N–H and O–H groups in total. The van der Waals surface area contributed by atoms with Crippen LogP contribution in [0.4, 0.5) is 0 Å². The summed E-state index contributed by atoms with van der Waals surface area (Å²) in [5.74, 6) is 3.06. The summed E-state index contributed by atoms with van der Waals surface area (Å²) >= 11 is 0. The number of rotatable bonds is 6. The Bertz CT molecular complexity index is 869. The molecule has 2 aromatic carbocycles. The molecule has 128 valence electrons. The van der Waals surface area contributed by atoms with Gasteiger partial charge in [-0.25, -0.2) is 0 Å². The molecule has 1 aromatic heterocycles. The van der Waals surface area contributed by atoms with Gasteiger partial charge in [0, 0.05) is 11.6 Å². The molecule has 0 atom stereocenters. The van der Waals surface area contributed by atoms with E-state index in [4.69, 9.17) is 18.7 Å². The molecule has 3 aromatic rings. The summed E-state index contributed by atoms with van der Waals surface area (Å²) in [6.07, 6.45) is 3.62. The Hall–Kier alpha value is -3.28. The molecule has 0 fully saturated rings. The van der Waals surface area contributed by atoms with Crippen molar-refractivity contribution in [2.75, 3.05) is 21.3 Å². The van der Waals surface area contributed by atoms with Crippen molar-refractivity contribution < 1.29 is 18.7 Å². The molecule has 0 unspecified atom stereocenters. The van der Waals surface area contributed by atoms with Crippen LogP contribution in [-0.4, -0.2) is 31.5 Å². The van der Waals surface area contributed by atoms with Gasteiger partial charge in [-0.05, 0) is 48.0 Å². The van der Waals surface area contributed by atoms with E-state index in [0.29, 0.717) is 23.2 Å². The van der Waals surface area contributed by atoms with Gasteiger partial charge in [0.15, 0.2) is 11.5 Å². The maximum absolute atomic E-state index is 5.29. The highest BCUT2D eigenvalue weighted by Gasteiger charge is 2.07. The summed E-state index contributed by atoms with van der Waals surface area (Å²) in [7, 11) is 4.83. The van der Waals surface area contributed by atoms with Gasteiger partial charge in [0.1, 0.15) is 5.75 Å². The third kappa shape index (κ3) is 3.80. The highest BCUT2D eigenvalue weighted by Crippen LogP contribution is 2.28. The minimum absolute atomic E-state index is 0.417. The van der Waals surface area contributed by atoms with Gasteiger partial charge in [-0.3, -0.25) is 0 Å². The van der Waals surface area contributed by atoms with Crippen molar-refractivity contribution in [2.45, 2.75) is 0 Å². The van der Waals surface area contributed by atoms with Crippen LogP contribution in [0.3, 0.4) is 0 Å². The van der Waals surface area contributed by atoms with Gasteiger partial charge in [0.05, 0.1) is 21.3 Å². The topological polar surface area (TPSA) is 66.6 Å². The fourth-order valence-electron chi connectivity index (χ4n) is 2.28. The van der Waals surface area contributed by atoms with E-state index in [1.807, 2.05) is 48.5 Å². The fourth-order valence-corrected chi connectivity index (χ4v) is 2.28. The lowest BCUT2D eigenvalue weighted by molar-refractivity contribution is 0.355. The molecule has 3 rings (SSSR count). The average Bonchev–Trinajstić information content (AvgIpc) is 3.15. The molecule has 0 saturated heterocycles. The zero-order chi connectivity index (χ0) is 17.6. The van der Waals surface area contributed by atoms with E-state index in [1.54, 1.807) is 27.4 Å². The predicted molar refractivity (Wildman–Crippen MR) is 94.8 cm³/mol. The van der Waals surface area contributed by atoms with Crippen LogP contribution < -0.4 is 14.2 Å². The Morgan fingerprint density at radius 2 is 1.60 bits per heavy atom. The van der Waals surface area contributed by atoms with Crippen LogP contribution in [0, 0.1) is 0 Å². The highest BCUT2D eigenvalue weighted by molar-refractivity contribution is 5.68. The lowest BCUT2D eigenvalue weighted by Crippen LogP contribution is -1.90. The van der Waals surface area contributed by atoms with Gasteiger partial charge in [0.25, 0.3) is 5.89 Å². The highest BCUT2D eigenvalue weighted by atomic mass is 16.5. The van der Waals surface area contributed by atoms with Gasteiger partial charge < -0.3 is 18.7 Å². The number of benzene rings is 2. The maximum atomic E-state index is 5.29. The van der Waals surface area contributed by atoms with E-state index in [2.05, 4.69) is 10.1 Å². The summed E-state index contributed by atoms with van der Waals surface area (Å²) in [6.45, 7) is 0. The van der Waals surface area contributed by atoms with Crippen LogP contribution in [0.5, 0.6) is 17.2 Å². The predicted octanol–water partition coefficient (Wildman–Crippen LogP) is 3.93. The molecule has 0 radical (unpaired) electrons. The average molecular weight is 338 g/mol. The second-order valence-corrected chi connectivity index (χ2v) is 5.13. The zero-order valence-electron chi connectivity index (χ0n) is 14.2. The molecule has 0 bridgehead atoms. The van der Waals surface area contributed by atoms with Gasteiger partial charge >= 0.3 is 0 Å². The fraction of sp³-hybridized carbons (Fsp3) is 0.158. The van der Waals surface area contributed by atoms with Gasteiger partial charge in [0.2, 0.25) is 5.82 Å².